The molecule has 3 N–H and O–H groups in total. The van der Waals surface area contributed by atoms with Crippen molar-refractivity contribution < 1.29 is 9.90 Å². The minimum absolute atomic E-state index is 0.0186. The molecule has 0 radical (unpaired) electrons. The Balaban J connectivity index is 2.13. The van der Waals surface area contributed by atoms with Crippen molar-refractivity contribution in [2.24, 2.45) is 5.92 Å². The standard InChI is InChI=1S/C14H19N3O2/c1-9(2)11(5-6-18)17-14(19)10-3-4-12-13(7-10)16-8-15-12/h3-4,7-9,11,18H,5-6H2,1-2H3,(H,15,16)(H,17,19). The van der Waals surface area contributed by atoms with E-state index in [9.17, 15) is 4.79 Å². The number of nitrogens with zero attached hydrogens (tertiary/aromatic N) is 1. The van der Waals surface area contributed by atoms with Crippen LogP contribution < -0.4 is 5.32 Å². The topological polar surface area (TPSA) is 78.0 Å². The highest BCUT2D eigenvalue weighted by Gasteiger charge is 2.17. The van der Waals surface area contributed by atoms with Gasteiger partial charge in [-0.2, -0.15) is 0 Å². The highest BCUT2D eigenvalue weighted by atomic mass is 16.3. The first-order chi connectivity index (χ1) is 9.11. The van der Waals surface area contributed by atoms with Crippen molar-refractivity contribution >= 4 is 16.9 Å². The molecule has 0 saturated carbocycles. The summed E-state index contributed by atoms with van der Waals surface area (Å²) in [6.07, 6.45) is 2.17. The normalized spacial score (nSPS) is 12.8. The third-order valence-electron chi connectivity index (χ3n) is 3.24. The van der Waals surface area contributed by atoms with Crippen LogP contribution in [0.3, 0.4) is 0 Å². The second kappa shape index (κ2) is 5.84. The van der Waals surface area contributed by atoms with Gasteiger partial charge in [0.15, 0.2) is 0 Å². The molecular weight excluding hydrogens is 242 g/mol. The van der Waals surface area contributed by atoms with E-state index in [1.54, 1.807) is 18.5 Å². The third-order valence-corrected chi connectivity index (χ3v) is 3.24. The number of carbonyl (C=O) groups is 1. The Bertz CT molecular complexity index is 563. The van der Waals surface area contributed by atoms with Crippen LogP contribution in [0.15, 0.2) is 24.5 Å². The van der Waals surface area contributed by atoms with Gasteiger partial charge in [0.1, 0.15) is 0 Å². The molecule has 0 aliphatic rings. The number of aliphatic hydroxyl groups is 1. The highest BCUT2D eigenvalue weighted by molar-refractivity contribution is 5.97. The van der Waals surface area contributed by atoms with Crippen molar-refractivity contribution in [3.8, 4) is 0 Å². The number of fused-ring (bicyclic) bond motifs is 1. The summed E-state index contributed by atoms with van der Waals surface area (Å²) in [6.45, 7) is 4.13. The van der Waals surface area contributed by atoms with Gasteiger partial charge in [0, 0.05) is 18.2 Å². The Morgan fingerprint density at radius 1 is 1.47 bits per heavy atom. The smallest absolute Gasteiger partial charge is 0.251 e. The van der Waals surface area contributed by atoms with E-state index in [-0.39, 0.29) is 24.5 Å². The summed E-state index contributed by atoms with van der Waals surface area (Å²) in [5.74, 6) is 0.163. The fourth-order valence-electron chi connectivity index (χ4n) is 2.04. The number of carbonyl (C=O) groups excluding carboxylic acids is 1. The second-order valence-corrected chi connectivity index (χ2v) is 4.97. The maximum atomic E-state index is 12.2. The van der Waals surface area contributed by atoms with Crippen LogP contribution in [-0.4, -0.2) is 33.6 Å². The molecule has 5 heteroatoms. The van der Waals surface area contributed by atoms with Crippen molar-refractivity contribution in [2.45, 2.75) is 26.3 Å². The summed E-state index contributed by atoms with van der Waals surface area (Å²) in [5, 5.41) is 12.0. The zero-order valence-electron chi connectivity index (χ0n) is 11.2. The number of hydrogen-bond acceptors (Lipinski definition) is 3. The van der Waals surface area contributed by atoms with Crippen LogP contribution in [0.1, 0.15) is 30.6 Å². The summed E-state index contributed by atoms with van der Waals surface area (Å²) >= 11 is 0. The molecule has 0 aliphatic carbocycles. The van der Waals surface area contributed by atoms with Crippen LogP contribution in [-0.2, 0) is 0 Å². The van der Waals surface area contributed by atoms with Gasteiger partial charge < -0.3 is 15.4 Å². The molecule has 1 heterocycles. The Kier molecular flexibility index (Phi) is 4.16. The van der Waals surface area contributed by atoms with Crippen molar-refractivity contribution in [2.75, 3.05) is 6.61 Å². The highest BCUT2D eigenvalue weighted by Crippen LogP contribution is 2.13. The van der Waals surface area contributed by atoms with Crippen molar-refractivity contribution in [3.05, 3.63) is 30.1 Å². The molecule has 0 aliphatic heterocycles. The van der Waals surface area contributed by atoms with Gasteiger partial charge in [0.05, 0.1) is 17.4 Å². The van der Waals surface area contributed by atoms with E-state index < -0.39 is 0 Å². The second-order valence-electron chi connectivity index (χ2n) is 4.97. The van der Waals surface area contributed by atoms with Gasteiger partial charge in [-0.25, -0.2) is 4.98 Å². The van der Waals surface area contributed by atoms with Crippen LogP contribution in [0.25, 0.3) is 11.0 Å². The molecule has 5 nitrogen and oxygen atoms in total. The lowest BCUT2D eigenvalue weighted by Gasteiger charge is -2.21. The van der Waals surface area contributed by atoms with E-state index >= 15 is 0 Å². The number of imidazole rings is 1. The fourth-order valence-corrected chi connectivity index (χ4v) is 2.04. The average molecular weight is 261 g/mol. The molecule has 0 fully saturated rings. The largest absolute Gasteiger partial charge is 0.396 e. The number of aromatic nitrogens is 2. The zero-order chi connectivity index (χ0) is 13.8. The van der Waals surface area contributed by atoms with Gasteiger partial charge in [0.2, 0.25) is 0 Å². The van der Waals surface area contributed by atoms with E-state index in [4.69, 9.17) is 5.11 Å². The van der Waals surface area contributed by atoms with Gasteiger partial charge in [-0.05, 0) is 30.5 Å². The third kappa shape index (κ3) is 3.12. The Morgan fingerprint density at radius 2 is 2.26 bits per heavy atom. The first kappa shape index (κ1) is 13.5. The number of nitrogens with one attached hydrogen (secondary N) is 2. The number of aromatic amines is 1. The Morgan fingerprint density at radius 3 is 2.95 bits per heavy atom. The van der Waals surface area contributed by atoms with Crippen LogP contribution in [0.2, 0.25) is 0 Å². The van der Waals surface area contributed by atoms with Gasteiger partial charge in [-0.3, -0.25) is 4.79 Å². The van der Waals surface area contributed by atoms with Gasteiger partial charge in [-0.1, -0.05) is 13.8 Å². The van der Waals surface area contributed by atoms with E-state index in [1.165, 1.54) is 0 Å². The molecule has 2 aromatic rings. The molecule has 2 rings (SSSR count). The number of amides is 1. The van der Waals surface area contributed by atoms with Crippen LogP contribution >= 0.6 is 0 Å². The summed E-state index contributed by atoms with van der Waals surface area (Å²) in [5.41, 5.74) is 2.28. The number of hydrogen-bond donors (Lipinski definition) is 3. The molecule has 1 aromatic heterocycles. The first-order valence-corrected chi connectivity index (χ1v) is 6.46. The molecule has 1 amide bonds. The van der Waals surface area contributed by atoms with Crippen LogP contribution in [0.4, 0.5) is 0 Å². The van der Waals surface area contributed by atoms with Gasteiger partial charge >= 0.3 is 0 Å². The van der Waals surface area contributed by atoms with Crippen molar-refractivity contribution in [1.82, 2.24) is 15.3 Å². The molecular formula is C14H19N3O2. The maximum absolute atomic E-state index is 12.2. The number of aliphatic hydroxyl groups excluding tert-OH is 1. The van der Waals surface area contributed by atoms with E-state index in [1.807, 2.05) is 19.9 Å². The van der Waals surface area contributed by atoms with Gasteiger partial charge in [-0.15, -0.1) is 0 Å². The first-order valence-electron chi connectivity index (χ1n) is 6.46. The minimum atomic E-state index is -0.122. The molecule has 0 saturated heterocycles. The number of benzene rings is 1. The summed E-state index contributed by atoms with van der Waals surface area (Å²) < 4.78 is 0. The predicted molar refractivity (Wildman–Crippen MR) is 73.9 cm³/mol. The summed E-state index contributed by atoms with van der Waals surface area (Å²) in [4.78, 5) is 19.3. The minimum Gasteiger partial charge on any atom is -0.396 e. The van der Waals surface area contributed by atoms with Crippen molar-refractivity contribution in [1.29, 1.82) is 0 Å². The monoisotopic (exact) mass is 261 g/mol. The number of H-pyrrole nitrogens is 1. The Labute approximate surface area is 112 Å². The number of rotatable bonds is 5. The summed E-state index contributed by atoms with van der Waals surface area (Å²) in [7, 11) is 0. The average Bonchev–Trinajstić information content (AvgIpc) is 2.85. The quantitative estimate of drug-likeness (QED) is 0.766. The van der Waals surface area contributed by atoms with Crippen LogP contribution in [0, 0.1) is 5.92 Å². The maximum Gasteiger partial charge on any atom is 0.251 e. The van der Waals surface area contributed by atoms with Crippen molar-refractivity contribution in [3.63, 3.8) is 0 Å². The molecule has 102 valence electrons. The lowest BCUT2D eigenvalue weighted by molar-refractivity contribution is 0.0916. The Hall–Kier alpha value is -1.88. The van der Waals surface area contributed by atoms with E-state index in [0.717, 1.165) is 11.0 Å². The molecule has 1 atom stereocenters. The van der Waals surface area contributed by atoms with E-state index in [0.29, 0.717) is 12.0 Å². The van der Waals surface area contributed by atoms with E-state index in [2.05, 4.69) is 15.3 Å². The lowest BCUT2D eigenvalue weighted by Crippen LogP contribution is -2.39. The van der Waals surface area contributed by atoms with Crippen LogP contribution in [0.5, 0.6) is 0 Å². The zero-order valence-corrected chi connectivity index (χ0v) is 11.2. The van der Waals surface area contributed by atoms with Gasteiger partial charge in [0.25, 0.3) is 5.91 Å². The molecule has 1 aromatic carbocycles. The summed E-state index contributed by atoms with van der Waals surface area (Å²) in [6, 6.07) is 5.34. The molecule has 19 heavy (non-hydrogen) atoms. The fraction of sp³-hybridized carbons (Fsp3) is 0.429. The predicted octanol–water partition coefficient (Wildman–Crippen LogP) is 1.70. The SMILES string of the molecule is CC(C)C(CCO)NC(=O)c1ccc2nc[nH]c2c1. The molecule has 0 spiro atoms. The molecule has 0 bridgehead atoms. The molecule has 1 unspecified atom stereocenters. The lowest BCUT2D eigenvalue weighted by atomic mass is 10.0.